The van der Waals surface area contributed by atoms with Crippen LogP contribution in [-0.2, 0) is 0 Å². The summed E-state index contributed by atoms with van der Waals surface area (Å²) in [6.07, 6.45) is -3.84. The van der Waals surface area contributed by atoms with Crippen LogP contribution in [0.5, 0.6) is 5.75 Å². The van der Waals surface area contributed by atoms with Crippen molar-refractivity contribution < 1.29 is 27.8 Å². The summed E-state index contributed by atoms with van der Waals surface area (Å²) in [5, 5.41) is 27.8. The van der Waals surface area contributed by atoms with Crippen molar-refractivity contribution in [2.45, 2.75) is 6.36 Å². The van der Waals surface area contributed by atoms with Crippen LogP contribution in [0.1, 0.15) is 0 Å². The van der Waals surface area contributed by atoms with Crippen molar-refractivity contribution in [3.63, 3.8) is 0 Å². The van der Waals surface area contributed by atoms with E-state index in [-0.39, 0.29) is 28.7 Å². The molecule has 0 aliphatic rings. The van der Waals surface area contributed by atoms with Crippen LogP contribution in [0.3, 0.4) is 0 Å². The molecule has 0 aliphatic carbocycles. The van der Waals surface area contributed by atoms with Crippen LogP contribution in [0.2, 0.25) is 0 Å². The number of nitrogens with zero attached hydrogens (tertiary/aromatic N) is 4. The molecular weight excluding hydrogens is 425 g/mol. The Kier molecular flexibility index (Phi) is 5.81. The lowest BCUT2D eigenvalue weighted by molar-refractivity contribution is -0.384. The van der Waals surface area contributed by atoms with Gasteiger partial charge in [0.25, 0.3) is 5.69 Å². The Morgan fingerprint density at radius 3 is 2.03 bits per heavy atom. The van der Waals surface area contributed by atoms with Crippen LogP contribution in [0.4, 0.5) is 47.6 Å². The minimum atomic E-state index is -4.85. The highest BCUT2D eigenvalue weighted by Gasteiger charge is 2.31. The minimum absolute atomic E-state index is 0.176. The number of aromatic nitrogens is 2. The van der Waals surface area contributed by atoms with E-state index in [1.807, 2.05) is 0 Å². The third kappa shape index (κ3) is 5.53. The fourth-order valence-corrected chi connectivity index (χ4v) is 2.45. The van der Waals surface area contributed by atoms with E-state index < -0.39 is 27.6 Å². The summed E-state index contributed by atoms with van der Waals surface area (Å²) in [7, 11) is 0. The largest absolute Gasteiger partial charge is 0.573 e. The van der Waals surface area contributed by atoms with Crippen molar-refractivity contribution in [2.24, 2.45) is 0 Å². The summed E-state index contributed by atoms with van der Waals surface area (Å²) in [6, 6.07) is 9.71. The van der Waals surface area contributed by atoms with E-state index in [9.17, 15) is 33.4 Å². The molecule has 0 saturated carbocycles. The number of rotatable bonds is 7. The highest BCUT2D eigenvalue weighted by molar-refractivity contribution is 5.77. The van der Waals surface area contributed by atoms with Crippen LogP contribution in [0.25, 0.3) is 0 Å². The first kappa shape index (κ1) is 21.2. The quantitative estimate of drug-likeness (QED) is 0.398. The normalized spacial score (nSPS) is 10.9. The maximum absolute atomic E-state index is 12.2. The summed E-state index contributed by atoms with van der Waals surface area (Å²) in [5.41, 5.74) is -0.445. The van der Waals surface area contributed by atoms with E-state index in [2.05, 4.69) is 25.3 Å². The van der Waals surface area contributed by atoms with Crippen molar-refractivity contribution in [3.8, 4) is 5.75 Å². The molecule has 14 heteroatoms. The van der Waals surface area contributed by atoms with E-state index in [1.54, 1.807) is 0 Å². The molecule has 0 aliphatic heterocycles. The monoisotopic (exact) mass is 436 g/mol. The number of halogens is 3. The molecule has 2 N–H and O–H groups in total. The topological polar surface area (TPSA) is 145 Å². The number of nitrogens with one attached hydrogen (secondary N) is 2. The number of non-ortho nitro benzene ring substituents is 1. The molecule has 160 valence electrons. The molecule has 0 saturated heterocycles. The highest BCUT2D eigenvalue weighted by atomic mass is 19.4. The van der Waals surface area contributed by atoms with Gasteiger partial charge in [0.1, 0.15) is 12.1 Å². The predicted octanol–water partition coefficient (Wildman–Crippen LogP) is 4.68. The molecule has 3 aromatic rings. The van der Waals surface area contributed by atoms with Crippen molar-refractivity contribution in [1.29, 1.82) is 0 Å². The SMILES string of the molecule is O=[N+]([O-])c1cccc(Nc2ncnc(Nc3ccc(OC(F)(F)F)cc3)c2[N+](=O)[O-])c1. The average Bonchev–Trinajstić information content (AvgIpc) is 2.68. The fraction of sp³-hybridized carbons (Fsp3) is 0.0588. The molecule has 0 amide bonds. The zero-order valence-corrected chi connectivity index (χ0v) is 15.2. The molecule has 0 bridgehead atoms. The van der Waals surface area contributed by atoms with Crippen LogP contribution in [0, 0.1) is 20.2 Å². The first-order valence-electron chi connectivity index (χ1n) is 8.26. The lowest BCUT2D eigenvalue weighted by Gasteiger charge is -2.11. The summed E-state index contributed by atoms with van der Waals surface area (Å²) in [5.74, 6) is -0.972. The second-order valence-electron chi connectivity index (χ2n) is 5.81. The van der Waals surface area contributed by atoms with Crippen molar-refractivity contribution >= 4 is 34.4 Å². The van der Waals surface area contributed by atoms with Gasteiger partial charge in [-0.1, -0.05) is 6.07 Å². The van der Waals surface area contributed by atoms with E-state index in [4.69, 9.17) is 0 Å². The fourth-order valence-electron chi connectivity index (χ4n) is 2.45. The number of nitro groups is 2. The molecule has 0 spiro atoms. The standard InChI is InChI=1S/C17H11F3N6O5/c18-17(19,20)31-13-6-4-10(5-7-13)23-15-14(26(29)30)16(22-9-21-15)24-11-2-1-3-12(8-11)25(27)28/h1-9H,(H2,21,22,23,24). The first-order valence-corrected chi connectivity index (χ1v) is 8.26. The van der Waals surface area contributed by atoms with Crippen molar-refractivity contribution in [1.82, 2.24) is 9.97 Å². The molecule has 0 fully saturated rings. The smallest absolute Gasteiger partial charge is 0.406 e. The van der Waals surface area contributed by atoms with Gasteiger partial charge in [-0.3, -0.25) is 20.2 Å². The molecule has 31 heavy (non-hydrogen) atoms. The molecule has 2 aromatic carbocycles. The third-order valence-corrected chi connectivity index (χ3v) is 3.68. The Hall–Kier alpha value is -4.49. The minimum Gasteiger partial charge on any atom is -0.406 e. The summed E-state index contributed by atoms with van der Waals surface area (Å²) in [4.78, 5) is 28.7. The molecular formula is C17H11F3N6O5. The van der Waals surface area contributed by atoms with Gasteiger partial charge >= 0.3 is 12.0 Å². The number of nitro benzene ring substituents is 1. The number of anilines is 4. The van der Waals surface area contributed by atoms with Crippen LogP contribution < -0.4 is 15.4 Å². The first-order chi connectivity index (χ1) is 14.6. The van der Waals surface area contributed by atoms with Crippen LogP contribution >= 0.6 is 0 Å². The van der Waals surface area contributed by atoms with Gasteiger partial charge in [-0.15, -0.1) is 13.2 Å². The summed E-state index contributed by atoms with van der Waals surface area (Å²) >= 11 is 0. The predicted molar refractivity (Wildman–Crippen MR) is 101 cm³/mol. The lowest BCUT2D eigenvalue weighted by atomic mass is 10.2. The van der Waals surface area contributed by atoms with Crippen LogP contribution in [0.15, 0.2) is 54.9 Å². The number of alkyl halides is 3. The molecule has 0 unspecified atom stereocenters. The highest BCUT2D eigenvalue weighted by Crippen LogP contribution is 2.34. The second-order valence-corrected chi connectivity index (χ2v) is 5.81. The molecule has 11 nitrogen and oxygen atoms in total. The van der Waals surface area contributed by atoms with Crippen molar-refractivity contribution in [2.75, 3.05) is 10.6 Å². The Morgan fingerprint density at radius 1 is 0.871 bits per heavy atom. The molecule has 1 heterocycles. The van der Waals surface area contributed by atoms with Gasteiger partial charge in [0.2, 0.25) is 11.6 Å². The average molecular weight is 436 g/mol. The van der Waals surface area contributed by atoms with Crippen molar-refractivity contribution in [3.05, 3.63) is 75.1 Å². The van der Waals surface area contributed by atoms with Gasteiger partial charge < -0.3 is 15.4 Å². The van der Waals surface area contributed by atoms with Gasteiger partial charge in [-0.05, 0) is 30.3 Å². The molecule has 1 aromatic heterocycles. The Labute approximate surface area is 170 Å². The Morgan fingerprint density at radius 2 is 1.48 bits per heavy atom. The maximum Gasteiger partial charge on any atom is 0.573 e. The van der Waals surface area contributed by atoms with E-state index in [1.165, 1.54) is 30.3 Å². The van der Waals surface area contributed by atoms with E-state index in [0.717, 1.165) is 24.5 Å². The summed E-state index contributed by atoms with van der Waals surface area (Å²) in [6.45, 7) is 0. The Bertz CT molecular complexity index is 1120. The Balaban J connectivity index is 1.88. The number of hydrogen-bond acceptors (Lipinski definition) is 9. The van der Waals surface area contributed by atoms with Gasteiger partial charge in [-0.25, -0.2) is 9.97 Å². The second kappa shape index (κ2) is 8.48. The number of ether oxygens (including phenoxy) is 1. The summed E-state index contributed by atoms with van der Waals surface area (Å²) < 4.78 is 40.5. The number of hydrogen-bond donors (Lipinski definition) is 2. The lowest BCUT2D eigenvalue weighted by Crippen LogP contribution is -2.17. The molecule has 0 atom stereocenters. The van der Waals surface area contributed by atoms with Gasteiger partial charge in [-0.2, -0.15) is 0 Å². The van der Waals surface area contributed by atoms with Gasteiger partial charge in [0.05, 0.1) is 9.85 Å². The molecule has 0 radical (unpaired) electrons. The maximum atomic E-state index is 12.2. The van der Waals surface area contributed by atoms with E-state index >= 15 is 0 Å². The van der Waals surface area contributed by atoms with Gasteiger partial charge in [0.15, 0.2) is 0 Å². The van der Waals surface area contributed by atoms with E-state index in [0.29, 0.717) is 0 Å². The third-order valence-electron chi connectivity index (χ3n) is 3.68. The zero-order chi connectivity index (χ0) is 22.6. The molecule has 3 rings (SSSR count). The van der Waals surface area contributed by atoms with Gasteiger partial charge in [0, 0.05) is 23.5 Å². The number of benzene rings is 2. The zero-order valence-electron chi connectivity index (χ0n) is 15.2. The van der Waals surface area contributed by atoms with Crippen LogP contribution in [-0.4, -0.2) is 26.2 Å².